The number of nitriles is 1. The van der Waals surface area contributed by atoms with Gasteiger partial charge in [-0.05, 0) is 32.1 Å². The molecule has 3 rings (SSSR count). The Morgan fingerprint density at radius 2 is 2.11 bits per heavy atom. The van der Waals surface area contributed by atoms with Gasteiger partial charge in [0.05, 0.1) is 12.1 Å². The number of carbonyl (C=O) groups excluding carboxylic acids is 2. The Balaban J connectivity index is 1.64. The molecule has 1 atom stereocenters. The third-order valence-corrected chi connectivity index (χ3v) is 4.83. The fourth-order valence-electron chi connectivity index (χ4n) is 3.44. The predicted octanol–water partition coefficient (Wildman–Crippen LogP) is 0.904. The lowest BCUT2D eigenvalue weighted by molar-refractivity contribution is -0.142. The molecule has 0 bridgehead atoms. The van der Waals surface area contributed by atoms with Crippen molar-refractivity contribution in [1.82, 2.24) is 9.80 Å². The van der Waals surface area contributed by atoms with Crippen molar-refractivity contribution in [3.05, 3.63) is 0 Å². The van der Waals surface area contributed by atoms with Crippen LogP contribution in [0.15, 0.2) is 0 Å². The van der Waals surface area contributed by atoms with Crippen molar-refractivity contribution < 1.29 is 9.59 Å². The summed E-state index contributed by atoms with van der Waals surface area (Å²) in [6.45, 7) is 2.14. The van der Waals surface area contributed by atoms with Gasteiger partial charge in [0.1, 0.15) is 5.41 Å². The standard InChI is InChI=1S/C14H19N3O2/c15-10-14(5-2-6-14)13(19)16-8-4-11(9-16)17-7-1-3-12(17)18/h11H,1-9H2/t11-/m0/s1. The normalized spacial score (nSPS) is 29.2. The fourth-order valence-corrected chi connectivity index (χ4v) is 3.44. The van der Waals surface area contributed by atoms with Gasteiger partial charge in [0.25, 0.3) is 0 Å². The van der Waals surface area contributed by atoms with Crippen molar-refractivity contribution in [2.45, 2.75) is 44.6 Å². The summed E-state index contributed by atoms with van der Waals surface area (Å²) in [6, 6.07) is 2.39. The van der Waals surface area contributed by atoms with Gasteiger partial charge in [0.2, 0.25) is 11.8 Å². The van der Waals surface area contributed by atoms with E-state index in [1.54, 1.807) is 4.90 Å². The summed E-state index contributed by atoms with van der Waals surface area (Å²) >= 11 is 0. The van der Waals surface area contributed by atoms with Crippen LogP contribution in [0.5, 0.6) is 0 Å². The van der Waals surface area contributed by atoms with Gasteiger partial charge in [-0.25, -0.2) is 0 Å². The van der Waals surface area contributed by atoms with E-state index in [2.05, 4.69) is 6.07 Å². The van der Waals surface area contributed by atoms with Crippen molar-refractivity contribution in [2.75, 3.05) is 19.6 Å². The Labute approximate surface area is 113 Å². The zero-order chi connectivity index (χ0) is 13.5. The number of hydrogen-bond acceptors (Lipinski definition) is 3. The third-order valence-electron chi connectivity index (χ3n) is 4.83. The minimum Gasteiger partial charge on any atom is -0.339 e. The maximum atomic E-state index is 12.4. The first-order chi connectivity index (χ1) is 9.16. The first kappa shape index (κ1) is 12.5. The van der Waals surface area contributed by atoms with Crippen LogP contribution in [0.1, 0.15) is 38.5 Å². The van der Waals surface area contributed by atoms with Crippen molar-refractivity contribution >= 4 is 11.8 Å². The number of likely N-dealkylation sites (tertiary alicyclic amines) is 2. The van der Waals surface area contributed by atoms with Crippen LogP contribution in [0.3, 0.4) is 0 Å². The largest absolute Gasteiger partial charge is 0.339 e. The van der Waals surface area contributed by atoms with Gasteiger partial charge in [0.15, 0.2) is 0 Å². The molecule has 0 N–H and O–H groups in total. The van der Waals surface area contributed by atoms with Crippen LogP contribution in [0.2, 0.25) is 0 Å². The minimum absolute atomic E-state index is 0.00426. The molecule has 3 fully saturated rings. The highest BCUT2D eigenvalue weighted by molar-refractivity contribution is 5.87. The molecular formula is C14H19N3O2. The topological polar surface area (TPSA) is 64.4 Å². The van der Waals surface area contributed by atoms with Crippen molar-refractivity contribution in [2.24, 2.45) is 5.41 Å². The maximum absolute atomic E-state index is 12.4. The number of rotatable bonds is 2. The molecule has 0 unspecified atom stereocenters. The molecule has 0 spiro atoms. The molecule has 1 saturated carbocycles. The van der Waals surface area contributed by atoms with E-state index in [-0.39, 0.29) is 17.9 Å². The molecular weight excluding hydrogens is 242 g/mol. The van der Waals surface area contributed by atoms with Crippen LogP contribution in [0.25, 0.3) is 0 Å². The van der Waals surface area contributed by atoms with E-state index in [1.165, 1.54) is 0 Å². The van der Waals surface area contributed by atoms with Gasteiger partial charge in [0, 0.05) is 26.1 Å². The highest BCUT2D eigenvalue weighted by Crippen LogP contribution is 2.42. The smallest absolute Gasteiger partial charge is 0.243 e. The summed E-state index contributed by atoms with van der Waals surface area (Å²) in [5.41, 5.74) is -0.746. The summed E-state index contributed by atoms with van der Waals surface area (Å²) in [4.78, 5) is 27.9. The van der Waals surface area contributed by atoms with Crippen LogP contribution in [-0.4, -0.2) is 47.3 Å². The molecule has 0 aromatic rings. The molecule has 0 radical (unpaired) electrons. The quantitative estimate of drug-likeness (QED) is 0.742. The third kappa shape index (κ3) is 1.90. The van der Waals surface area contributed by atoms with E-state index < -0.39 is 5.41 Å². The lowest BCUT2D eigenvalue weighted by atomic mass is 9.69. The van der Waals surface area contributed by atoms with Crippen molar-refractivity contribution in [3.63, 3.8) is 0 Å². The number of carbonyl (C=O) groups is 2. The second kappa shape index (κ2) is 4.52. The first-order valence-corrected chi connectivity index (χ1v) is 7.16. The molecule has 5 heteroatoms. The second-order valence-corrected chi connectivity index (χ2v) is 5.93. The maximum Gasteiger partial charge on any atom is 0.243 e. The fraction of sp³-hybridized carbons (Fsp3) is 0.786. The van der Waals surface area contributed by atoms with Gasteiger partial charge >= 0.3 is 0 Å². The highest BCUT2D eigenvalue weighted by Gasteiger charge is 2.48. The van der Waals surface area contributed by atoms with Crippen LogP contribution >= 0.6 is 0 Å². The van der Waals surface area contributed by atoms with E-state index in [9.17, 15) is 14.9 Å². The molecule has 2 heterocycles. The molecule has 1 aliphatic carbocycles. The molecule has 5 nitrogen and oxygen atoms in total. The monoisotopic (exact) mass is 261 g/mol. The summed E-state index contributed by atoms with van der Waals surface area (Å²) in [7, 11) is 0. The van der Waals surface area contributed by atoms with E-state index in [1.807, 2.05) is 4.90 Å². The zero-order valence-corrected chi connectivity index (χ0v) is 11.1. The highest BCUT2D eigenvalue weighted by atomic mass is 16.2. The molecule has 3 aliphatic rings. The zero-order valence-electron chi connectivity index (χ0n) is 11.1. The number of hydrogen-bond donors (Lipinski definition) is 0. The van der Waals surface area contributed by atoms with E-state index >= 15 is 0 Å². The molecule has 2 aliphatic heterocycles. The molecule has 102 valence electrons. The second-order valence-electron chi connectivity index (χ2n) is 5.93. The van der Waals surface area contributed by atoms with E-state index in [0.717, 1.165) is 25.8 Å². The Bertz CT molecular complexity index is 450. The van der Waals surface area contributed by atoms with Crippen LogP contribution < -0.4 is 0 Å². The van der Waals surface area contributed by atoms with Gasteiger partial charge in [-0.2, -0.15) is 5.26 Å². The Kier molecular flexibility index (Phi) is 2.96. The average molecular weight is 261 g/mol. The van der Waals surface area contributed by atoms with E-state index in [4.69, 9.17) is 0 Å². The minimum atomic E-state index is -0.746. The lowest BCUT2D eigenvalue weighted by Crippen LogP contribution is -2.47. The molecule has 0 aromatic carbocycles. The van der Waals surface area contributed by atoms with Crippen molar-refractivity contribution in [3.8, 4) is 6.07 Å². The summed E-state index contributed by atoms with van der Waals surface area (Å²) in [5, 5.41) is 9.22. The Hall–Kier alpha value is -1.57. The number of nitrogens with zero attached hydrogens (tertiary/aromatic N) is 3. The molecule has 0 aromatic heterocycles. The van der Waals surface area contributed by atoms with Crippen molar-refractivity contribution in [1.29, 1.82) is 5.26 Å². The first-order valence-electron chi connectivity index (χ1n) is 7.16. The van der Waals surface area contributed by atoms with Crippen LogP contribution in [-0.2, 0) is 9.59 Å². The Morgan fingerprint density at radius 1 is 1.32 bits per heavy atom. The molecule has 2 saturated heterocycles. The predicted molar refractivity (Wildman–Crippen MR) is 67.8 cm³/mol. The van der Waals surface area contributed by atoms with E-state index in [0.29, 0.717) is 32.4 Å². The molecule has 2 amide bonds. The van der Waals surface area contributed by atoms with Crippen LogP contribution in [0, 0.1) is 16.7 Å². The van der Waals surface area contributed by atoms with Crippen LogP contribution in [0.4, 0.5) is 0 Å². The van der Waals surface area contributed by atoms with Gasteiger partial charge in [-0.3, -0.25) is 9.59 Å². The SMILES string of the molecule is N#CC1(C(=O)N2CC[C@H](N3CCCC3=O)C2)CCC1. The van der Waals surface area contributed by atoms with Gasteiger partial charge < -0.3 is 9.80 Å². The van der Waals surface area contributed by atoms with Gasteiger partial charge in [-0.15, -0.1) is 0 Å². The summed E-state index contributed by atoms with van der Waals surface area (Å²) in [5.74, 6) is 0.216. The Morgan fingerprint density at radius 3 is 2.63 bits per heavy atom. The number of amides is 2. The summed E-state index contributed by atoms with van der Waals surface area (Å²) < 4.78 is 0. The summed E-state index contributed by atoms with van der Waals surface area (Å²) in [6.07, 6.45) is 4.82. The molecule has 19 heavy (non-hydrogen) atoms. The van der Waals surface area contributed by atoms with Gasteiger partial charge in [-0.1, -0.05) is 0 Å². The average Bonchev–Trinajstić information content (AvgIpc) is 2.96. The lowest BCUT2D eigenvalue weighted by Gasteiger charge is -2.37.